The number of hydrogen-bond donors (Lipinski definition) is 2. The van der Waals surface area contributed by atoms with E-state index in [0.717, 1.165) is 12.8 Å². The Labute approximate surface area is 77.1 Å². The average molecular weight is 182 g/mol. The minimum absolute atomic E-state index is 0.144. The molecule has 3 heteroatoms. The third-order valence-electron chi connectivity index (χ3n) is 3.18. The predicted molar refractivity (Wildman–Crippen MR) is 47.1 cm³/mol. The van der Waals surface area contributed by atoms with Crippen molar-refractivity contribution in [3.63, 3.8) is 0 Å². The second-order valence-corrected chi connectivity index (χ2v) is 4.00. The zero-order valence-corrected chi connectivity index (χ0v) is 7.39. The molecule has 2 aliphatic carbocycles. The van der Waals surface area contributed by atoms with Gasteiger partial charge in [-0.3, -0.25) is 4.79 Å². The first-order chi connectivity index (χ1) is 6.20. The lowest BCUT2D eigenvalue weighted by Gasteiger charge is -2.06. The van der Waals surface area contributed by atoms with E-state index in [-0.39, 0.29) is 12.0 Å². The van der Waals surface area contributed by atoms with Crippen LogP contribution in [-0.4, -0.2) is 22.3 Å². The number of aliphatic hydroxyl groups is 1. The first-order valence-electron chi connectivity index (χ1n) is 4.77. The van der Waals surface area contributed by atoms with Crippen molar-refractivity contribution in [2.75, 3.05) is 0 Å². The third-order valence-corrected chi connectivity index (χ3v) is 3.18. The summed E-state index contributed by atoms with van der Waals surface area (Å²) in [6.07, 6.45) is 5.72. The van der Waals surface area contributed by atoms with Gasteiger partial charge in [0.2, 0.25) is 0 Å². The largest absolute Gasteiger partial charge is 0.481 e. The fraction of sp³-hybridized carbons (Fsp3) is 0.700. The number of fused-ring (bicyclic) bond motifs is 1. The minimum atomic E-state index is -0.667. The Morgan fingerprint density at radius 2 is 2.08 bits per heavy atom. The third kappa shape index (κ3) is 1.61. The van der Waals surface area contributed by atoms with Crippen LogP contribution in [0.3, 0.4) is 0 Å². The number of aliphatic carboxylic acids is 1. The van der Waals surface area contributed by atoms with Gasteiger partial charge in [0.15, 0.2) is 0 Å². The van der Waals surface area contributed by atoms with Crippen molar-refractivity contribution >= 4 is 5.97 Å². The number of carboxylic acid groups (broad SMARTS) is 1. The minimum Gasteiger partial charge on any atom is -0.481 e. The molecule has 2 rings (SSSR count). The molecular formula is C10H14O3. The van der Waals surface area contributed by atoms with Crippen LogP contribution in [0.25, 0.3) is 0 Å². The number of carboxylic acids is 1. The number of hydrogen-bond acceptors (Lipinski definition) is 2. The van der Waals surface area contributed by atoms with Crippen LogP contribution in [0.2, 0.25) is 0 Å². The van der Waals surface area contributed by atoms with Gasteiger partial charge >= 0.3 is 5.97 Å². The smallest absolute Gasteiger partial charge is 0.307 e. The van der Waals surface area contributed by atoms with Gasteiger partial charge in [-0.25, -0.2) is 0 Å². The quantitative estimate of drug-likeness (QED) is 0.595. The summed E-state index contributed by atoms with van der Waals surface area (Å²) in [7, 11) is 0. The molecule has 0 spiro atoms. The Morgan fingerprint density at radius 3 is 2.77 bits per heavy atom. The predicted octanol–water partition coefficient (Wildman–Crippen LogP) is 1.03. The van der Waals surface area contributed by atoms with Crippen LogP contribution in [0.15, 0.2) is 12.2 Å². The van der Waals surface area contributed by atoms with Gasteiger partial charge in [0.25, 0.3) is 0 Å². The number of aliphatic hydroxyl groups excluding tert-OH is 1. The normalized spacial score (nSPS) is 45.6. The highest BCUT2D eigenvalue weighted by Gasteiger charge is 2.53. The fourth-order valence-corrected chi connectivity index (χ4v) is 2.38. The summed E-state index contributed by atoms with van der Waals surface area (Å²) < 4.78 is 0. The molecule has 0 heterocycles. The highest BCUT2D eigenvalue weighted by Crippen LogP contribution is 2.52. The summed E-state index contributed by atoms with van der Waals surface area (Å²) in [5.74, 6) is -0.159. The molecule has 0 aromatic carbocycles. The molecule has 72 valence electrons. The van der Waals surface area contributed by atoms with Crippen molar-refractivity contribution < 1.29 is 15.0 Å². The molecule has 2 N–H and O–H groups in total. The molecule has 2 aliphatic rings. The second kappa shape index (κ2) is 3.14. The van der Waals surface area contributed by atoms with Crippen molar-refractivity contribution in [2.24, 2.45) is 17.8 Å². The zero-order chi connectivity index (χ0) is 9.42. The lowest BCUT2D eigenvalue weighted by molar-refractivity contribution is -0.139. The molecule has 1 saturated carbocycles. The van der Waals surface area contributed by atoms with Gasteiger partial charge < -0.3 is 10.2 Å². The molecule has 0 saturated heterocycles. The molecule has 0 aromatic rings. The van der Waals surface area contributed by atoms with E-state index in [0.29, 0.717) is 18.3 Å². The molecule has 0 aliphatic heterocycles. The second-order valence-electron chi connectivity index (χ2n) is 4.00. The van der Waals surface area contributed by atoms with Crippen LogP contribution in [0, 0.1) is 17.8 Å². The lowest BCUT2D eigenvalue weighted by Crippen LogP contribution is -2.04. The van der Waals surface area contributed by atoms with Gasteiger partial charge in [0.1, 0.15) is 0 Å². The number of allylic oxidation sites excluding steroid dienone is 1. The lowest BCUT2D eigenvalue weighted by atomic mass is 10.0. The SMILES string of the molecule is O=C(O)[C@H]1[C@@H]2CC[C@@H](O)/C=C/C[C@@H]21. The van der Waals surface area contributed by atoms with E-state index in [4.69, 9.17) is 5.11 Å². The Bertz CT molecular complexity index is 247. The van der Waals surface area contributed by atoms with Crippen molar-refractivity contribution in [2.45, 2.75) is 25.4 Å². The first kappa shape index (κ1) is 8.75. The van der Waals surface area contributed by atoms with E-state index in [1.54, 1.807) is 6.08 Å². The number of rotatable bonds is 1. The van der Waals surface area contributed by atoms with Crippen molar-refractivity contribution in [3.05, 3.63) is 12.2 Å². The average Bonchev–Trinajstić information content (AvgIpc) is 2.70. The van der Waals surface area contributed by atoms with Crippen LogP contribution < -0.4 is 0 Å². The molecule has 0 aromatic heterocycles. The van der Waals surface area contributed by atoms with Gasteiger partial charge in [-0.05, 0) is 31.1 Å². The molecule has 0 bridgehead atoms. The maximum Gasteiger partial charge on any atom is 0.307 e. The summed E-state index contributed by atoms with van der Waals surface area (Å²) in [6.45, 7) is 0. The fourth-order valence-electron chi connectivity index (χ4n) is 2.38. The summed E-state index contributed by atoms with van der Waals surface area (Å²) in [5.41, 5.74) is 0. The Balaban J connectivity index is 2.00. The maximum atomic E-state index is 10.7. The summed E-state index contributed by atoms with van der Waals surface area (Å²) in [6, 6.07) is 0. The van der Waals surface area contributed by atoms with Crippen LogP contribution in [0.4, 0.5) is 0 Å². The van der Waals surface area contributed by atoms with Gasteiger partial charge in [-0.2, -0.15) is 0 Å². The van der Waals surface area contributed by atoms with Crippen LogP contribution in [-0.2, 0) is 4.79 Å². The summed E-state index contributed by atoms with van der Waals surface area (Å²) in [5, 5.41) is 18.2. The van der Waals surface area contributed by atoms with Crippen LogP contribution in [0.1, 0.15) is 19.3 Å². The van der Waals surface area contributed by atoms with E-state index in [1.807, 2.05) is 6.08 Å². The van der Waals surface area contributed by atoms with E-state index in [1.165, 1.54) is 0 Å². The maximum absolute atomic E-state index is 10.7. The highest BCUT2D eigenvalue weighted by molar-refractivity contribution is 5.74. The molecule has 1 fully saturated rings. The van der Waals surface area contributed by atoms with E-state index in [2.05, 4.69) is 0 Å². The molecule has 3 nitrogen and oxygen atoms in total. The first-order valence-corrected chi connectivity index (χ1v) is 4.77. The molecule has 0 amide bonds. The summed E-state index contributed by atoms with van der Waals surface area (Å²) >= 11 is 0. The van der Waals surface area contributed by atoms with Gasteiger partial charge in [-0.1, -0.05) is 12.2 Å². The van der Waals surface area contributed by atoms with E-state index < -0.39 is 5.97 Å². The molecular weight excluding hydrogens is 168 g/mol. The monoisotopic (exact) mass is 182 g/mol. The molecule has 4 atom stereocenters. The van der Waals surface area contributed by atoms with Crippen molar-refractivity contribution in [1.82, 2.24) is 0 Å². The van der Waals surface area contributed by atoms with Crippen molar-refractivity contribution in [3.8, 4) is 0 Å². The molecule has 0 unspecified atom stereocenters. The molecule has 0 radical (unpaired) electrons. The zero-order valence-electron chi connectivity index (χ0n) is 7.39. The van der Waals surface area contributed by atoms with Crippen LogP contribution in [0.5, 0.6) is 0 Å². The number of carbonyl (C=O) groups is 1. The molecule has 13 heavy (non-hydrogen) atoms. The van der Waals surface area contributed by atoms with E-state index in [9.17, 15) is 9.90 Å². The Hall–Kier alpha value is -0.830. The standard InChI is InChI=1S/C10H14O3/c11-6-2-1-3-7-8(5-4-6)9(7)10(12)13/h1-2,6-9,11H,3-5H2,(H,12,13)/b2-1+/t6-,7-,8+,9+/m0/s1. The Morgan fingerprint density at radius 1 is 1.31 bits per heavy atom. The Kier molecular flexibility index (Phi) is 2.12. The highest BCUT2D eigenvalue weighted by atomic mass is 16.4. The van der Waals surface area contributed by atoms with Gasteiger partial charge in [0.05, 0.1) is 12.0 Å². The van der Waals surface area contributed by atoms with E-state index >= 15 is 0 Å². The summed E-state index contributed by atoms with van der Waals surface area (Å²) in [4.78, 5) is 10.7. The van der Waals surface area contributed by atoms with Crippen molar-refractivity contribution in [1.29, 1.82) is 0 Å². The van der Waals surface area contributed by atoms with Gasteiger partial charge in [-0.15, -0.1) is 0 Å². The van der Waals surface area contributed by atoms with Gasteiger partial charge in [0, 0.05) is 0 Å². The van der Waals surface area contributed by atoms with Crippen LogP contribution >= 0.6 is 0 Å². The topological polar surface area (TPSA) is 57.5 Å².